The van der Waals surface area contributed by atoms with Gasteiger partial charge in [0, 0.05) is 17.1 Å². The maximum absolute atomic E-state index is 5.43. The SMILES string of the molecule is CSc1ccccc1NCc1cc(Br)c2c(c1)OCO2. The average Bonchev–Trinajstić information content (AvgIpc) is 2.94. The fourth-order valence-corrected chi connectivity index (χ4v) is 3.29. The van der Waals surface area contributed by atoms with Crippen molar-refractivity contribution < 1.29 is 9.47 Å². The van der Waals surface area contributed by atoms with Gasteiger partial charge in [0.1, 0.15) is 0 Å². The van der Waals surface area contributed by atoms with Crippen molar-refractivity contribution in [3.8, 4) is 11.5 Å². The van der Waals surface area contributed by atoms with Crippen molar-refractivity contribution in [3.05, 3.63) is 46.4 Å². The van der Waals surface area contributed by atoms with Gasteiger partial charge in [-0.1, -0.05) is 12.1 Å². The molecule has 3 rings (SSSR count). The van der Waals surface area contributed by atoms with Crippen LogP contribution in [0.15, 0.2) is 45.8 Å². The number of benzene rings is 2. The van der Waals surface area contributed by atoms with Gasteiger partial charge in [-0.05, 0) is 52.0 Å². The van der Waals surface area contributed by atoms with Crippen LogP contribution in [0.3, 0.4) is 0 Å². The molecule has 0 radical (unpaired) electrons. The van der Waals surface area contributed by atoms with E-state index in [-0.39, 0.29) is 0 Å². The Morgan fingerprint density at radius 3 is 2.95 bits per heavy atom. The highest BCUT2D eigenvalue weighted by Gasteiger charge is 2.17. The first-order valence-electron chi connectivity index (χ1n) is 6.23. The van der Waals surface area contributed by atoms with Gasteiger partial charge in [-0.3, -0.25) is 0 Å². The lowest BCUT2D eigenvalue weighted by molar-refractivity contribution is 0.173. The van der Waals surface area contributed by atoms with Crippen LogP contribution in [-0.4, -0.2) is 13.0 Å². The van der Waals surface area contributed by atoms with E-state index < -0.39 is 0 Å². The Balaban J connectivity index is 1.77. The maximum atomic E-state index is 5.43. The Bertz CT molecular complexity index is 633. The van der Waals surface area contributed by atoms with Crippen LogP contribution in [0.25, 0.3) is 0 Å². The highest BCUT2D eigenvalue weighted by atomic mass is 79.9. The molecule has 1 aliphatic rings. The number of fused-ring (bicyclic) bond motifs is 1. The number of hydrogen-bond acceptors (Lipinski definition) is 4. The smallest absolute Gasteiger partial charge is 0.231 e. The predicted molar refractivity (Wildman–Crippen MR) is 85.8 cm³/mol. The molecular weight excluding hydrogens is 338 g/mol. The quantitative estimate of drug-likeness (QED) is 0.820. The lowest BCUT2D eigenvalue weighted by Crippen LogP contribution is -2.00. The summed E-state index contributed by atoms with van der Waals surface area (Å²) in [6, 6.07) is 12.4. The van der Waals surface area contributed by atoms with Crippen LogP contribution in [-0.2, 0) is 6.54 Å². The number of hydrogen-bond donors (Lipinski definition) is 1. The van der Waals surface area contributed by atoms with Crippen molar-refractivity contribution in [1.82, 2.24) is 0 Å². The second-order valence-corrected chi connectivity index (χ2v) is 6.07. The number of ether oxygens (including phenoxy) is 2. The van der Waals surface area contributed by atoms with Gasteiger partial charge in [0.2, 0.25) is 6.79 Å². The average molecular weight is 352 g/mol. The minimum atomic E-state index is 0.292. The van der Waals surface area contributed by atoms with E-state index in [1.54, 1.807) is 11.8 Å². The minimum absolute atomic E-state index is 0.292. The number of anilines is 1. The molecule has 0 fully saturated rings. The van der Waals surface area contributed by atoms with E-state index in [0.717, 1.165) is 33.8 Å². The first kappa shape index (κ1) is 13.6. The highest BCUT2D eigenvalue weighted by molar-refractivity contribution is 9.10. The van der Waals surface area contributed by atoms with E-state index in [4.69, 9.17) is 9.47 Å². The van der Waals surface area contributed by atoms with Gasteiger partial charge < -0.3 is 14.8 Å². The van der Waals surface area contributed by atoms with Crippen molar-refractivity contribution in [3.63, 3.8) is 0 Å². The third kappa shape index (κ3) is 2.74. The van der Waals surface area contributed by atoms with Crippen molar-refractivity contribution in [1.29, 1.82) is 0 Å². The zero-order valence-corrected chi connectivity index (χ0v) is 13.4. The van der Waals surface area contributed by atoms with E-state index in [0.29, 0.717) is 6.79 Å². The van der Waals surface area contributed by atoms with E-state index >= 15 is 0 Å². The van der Waals surface area contributed by atoms with E-state index in [1.807, 2.05) is 18.2 Å². The van der Waals surface area contributed by atoms with Gasteiger partial charge in [-0.25, -0.2) is 0 Å². The second-order valence-electron chi connectivity index (χ2n) is 4.37. The third-order valence-electron chi connectivity index (χ3n) is 3.08. The zero-order valence-electron chi connectivity index (χ0n) is 11.0. The number of para-hydroxylation sites is 1. The summed E-state index contributed by atoms with van der Waals surface area (Å²) in [5.41, 5.74) is 2.30. The normalized spacial score (nSPS) is 12.5. The number of halogens is 1. The molecule has 0 amide bonds. The minimum Gasteiger partial charge on any atom is -0.454 e. The van der Waals surface area contributed by atoms with E-state index in [9.17, 15) is 0 Å². The Kier molecular flexibility index (Phi) is 4.08. The fourth-order valence-electron chi connectivity index (χ4n) is 2.11. The summed E-state index contributed by atoms with van der Waals surface area (Å²) in [5.74, 6) is 1.59. The summed E-state index contributed by atoms with van der Waals surface area (Å²) >= 11 is 5.25. The molecule has 104 valence electrons. The number of rotatable bonds is 4. The standard InChI is InChI=1S/C15H14BrNO2S/c1-20-14-5-3-2-4-12(14)17-8-10-6-11(16)15-13(7-10)18-9-19-15/h2-7,17H,8-9H2,1H3. The fraction of sp³-hybridized carbons (Fsp3) is 0.200. The molecule has 0 saturated carbocycles. The van der Waals surface area contributed by atoms with Crippen LogP contribution in [0.5, 0.6) is 11.5 Å². The van der Waals surface area contributed by atoms with Crippen LogP contribution in [0.1, 0.15) is 5.56 Å². The maximum Gasteiger partial charge on any atom is 0.231 e. The monoisotopic (exact) mass is 351 g/mol. The van der Waals surface area contributed by atoms with Gasteiger partial charge in [0.05, 0.1) is 4.47 Å². The molecule has 0 spiro atoms. The molecule has 1 aliphatic heterocycles. The van der Waals surface area contributed by atoms with Gasteiger partial charge in [0.15, 0.2) is 11.5 Å². The lowest BCUT2D eigenvalue weighted by Gasteiger charge is -2.11. The summed E-state index contributed by atoms with van der Waals surface area (Å²) in [7, 11) is 0. The summed E-state index contributed by atoms with van der Waals surface area (Å²) in [6.07, 6.45) is 2.08. The molecular formula is C15H14BrNO2S. The zero-order chi connectivity index (χ0) is 13.9. The third-order valence-corrected chi connectivity index (χ3v) is 4.46. The molecule has 0 unspecified atom stereocenters. The van der Waals surface area contributed by atoms with Crippen molar-refractivity contribution in [2.45, 2.75) is 11.4 Å². The van der Waals surface area contributed by atoms with Crippen LogP contribution in [0, 0.1) is 0 Å². The molecule has 1 N–H and O–H groups in total. The Morgan fingerprint density at radius 1 is 1.25 bits per heavy atom. The molecule has 0 bridgehead atoms. The number of thioether (sulfide) groups is 1. The molecule has 0 aromatic heterocycles. The summed E-state index contributed by atoms with van der Waals surface area (Å²) in [4.78, 5) is 1.24. The van der Waals surface area contributed by atoms with Gasteiger partial charge in [0.25, 0.3) is 0 Å². The first-order valence-corrected chi connectivity index (χ1v) is 8.24. The molecule has 0 aliphatic carbocycles. The lowest BCUT2D eigenvalue weighted by atomic mass is 10.2. The van der Waals surface area contributed by atoms with Crippen molar-refractivity contribution >= 4 is 33.4 Å². The molecule has 1 heterocycles. The Morgan fingerprint density at radius 2 is 2.10 bits per heavy atom. The summed E-state index contributed by atoms with van der Waals surface area (Å²) in [5, 5.41) is 3.46. The Hall–Kier alpha value is -1.33. The molecule has 5 heteroatoms. The van der Waals surface area contributed by atoms with Gasteiger partial charge >= 0.3 is 0 Å². The first-order chi connectivity index (χ1) is 9.78. The predicted octanol–water partition coefficient (Wildman–Crippen LogP) is 4.51. The van der Waals surface area contributed by atoms with E-state index in [2.05, 4.69) is 45.7 Å². The highest BCUT2D eigenvalue weighted by Crippen LogP contribution is 2.40. The summed E-state index contributed by atoms with van der Waals surface area (Å²) in [6.45, 7) is 1.03. The molecule has 0 atom stereocenters. The molecule has 2 aromatic carbocycles. The second kappa shape index (κ2) is 5.97. The van der Waals surface area contributed by atoms with Gasteiger partial charge in [-0.2, -0.15) is 0 Å². The molecule has 0 saturated heterocycles. The van der Waals surface area contributed by atoms with Crippen LogP contribution in [0.2, 0.25) is 0 Å². The van der Waals surface area contributed by atoms with Crippen molar-refractivity contribution in [2.24, 2.45) is 0 Å². The van der Waals surface area contributed by atoms with Crippen LogP contribution >= 0.6 is 27.7 Å². The van der Waals surface area contributed by atoms with E-state index in [1.165, 1.54) is 4.90 Å². The van der Waals surface area contributed by atoms with Crippen molar-refractivity contribution in [2.75, 3.05) is 18.4 Å². The topological polar surface area (TPSA) is 30.5 Å². The largest absolute Gasteiger partial charge is 0.454 e. The van der Waals surface area contributed by atoms with Crippen LogP contribution in [0.4, 0.5) is 5.69 Å². The molecule has 3 nitrogen and oxygen atoms in total. The Labute approximate surface area is 130 Å². The number of nitrogens with one attached hydrogen (secondary N) is 1. The summed E-state index contributed by atoms with van der Waals surface area (Å²) < 4.78 is 11.8. The molecule has 2 aromatic rings. The molecule has 20 heavy (non-hydrogen) atoms. The van der Waals surface area contributed by atoms with Gasteiger partial charge in [-0.15, -0.1) is 11.8 Å². The van der Waals surface area contributed by atoms with Crippen LogP contribution < -0.4 is 14.8 Å².